The van der Waals surface area contributed by atoms with E-state index in [1.807, 2.05) is 4.90 Å². The molecule has 0 bridgehead atoms. The molecule has 1 amide bonds. The number of carbonyl (C=O) groups is 1. The fourth-order valence-electron chi connectivity index (χ4n) is 2.97. The van der Waals surface area contributed by atoms with Gasteiger partial charge in [0.2, 0.25) is 5.88 Å². The highest BCUT2D eigenvalue weighted by Gasteiger charge is 2.35. The molecule has 1 aromatic heterocycles. The molecule has 0 spiro atoms. The van der Waals surface area contributed by atoms with Crippen LogP contribution >= 0.6 is 23.2 Å². The molecule has 3 rings (SSSR count). The molecule has 1 aromatic carbocycles. The van der Waals surface area contributed by atoms with Crippen LogP contribution in [0.4, 0.5) is 0 Å². The second kappa shape index (κ2) is 7.43. The summed E-state index contributed by atoms with van der Waals surface area (Å²) in [4.78, 5) is 18.8. The molecule has 1 unspecified atom stereocenters. The summed E-state index contributed by atoms with van der Waals surface area (Å²) in [7, 11) is 0. The summed E-state index contributed by atoms with van der Waals surface area (Å²) in [6.45, 7) is 5.45. The lowest BCUT2D eigenvalue weighted by Gasteiger charge is -2.42. The number of hydrogen-bond acceptors (Lipinski definition) is 4. The third-order valence-corrected chi connectivity index (χ3v) is 5.51. The predicted octanol–water partition coefficient (Wildman–Crippen LogP) is 4.38. The minimum absolute atomic E-state index is 0.0511. The Kier molecular flexibility index (Phi) is 5.42. The quantitative estimate of drug-likeness (QED) is 0.839. The van der Waals surface area contributed by atoms with E-state index in [-0.39, 0.29) is 17.4 Å². The molecular formula is C19H21Cl2N3O2. The number of benzene rings is 1. The first-order valence-electron chi connectivity index (χ1n) is 8.41. The number of ether oxygens (including phenoxy) is 1. The van der Waals surface area contributed by atoms with E-state index in [0.717, 1.165) is 6.42 Å². The second-order valence-electron chi connectivity index (χ2n) is 7.15. The van der Waals surface area contributed by atoms with Crippen molar-refractivity contribution in [2.75, 3.05) is 13.1 Å². The zero-order valence-corrected chi connectivity index (χ0v) is 16.2. The summed E-state index contributed by atoms with van der Waals surface area (Å²) in [6, 6.07) is 8.56. The molecule has 0 aliphatic carbocycles. The largest absolute Gasteiger partial charge is 0.437 e. The van der Waals surface area contributed by atoms with Crippen molar-refractivity contribution in [2.45, 2.75) is 26.3 Å². The van der Waals surface area contributed by atoms with E-state index in [9.17, 15) is 4.79 Å². The lowest BCUT2D eigenvalue weighted by atomic mass is 9.79. The first-order chi connectivity index (χ1) is 12.3. The van der Waals surface area contributed by atoms with Gasteiger partial charge in [-0.2, -0.15) is 0 Å². The highest BCUT2D eigenvalue weighted by molar-refractivity contribution is 6.42. The van der Waals surface area contributed by atoms with Crippen LogP contribution in [0.5, 0.6) is 11.6 Å². The molecule has 1 atom stereocenters. The molecule has 0 saturated carbocycles. The molecule has 1 aliphatic rings. The van der Waals surface area contributed by atoms with E-state index < -0.39 is 0 Å². The highest BCUT2D eigenvalue weighted by Crippen LogP contribution is 2.34. The topological polar surface area (TPSA) is 68.5 Å². The number of amides is 1. The number of carbonyl (C=O) groups excluding carboxylic acids is 1. The molecule has 7 heteroatoms. The maximum Gasteiger partial charge on any atom is 0.255 e. The number of piperidine rings is 1. The summed E-state index contributed by atoms with van der Waals surface area (Å²) in [5.74, 6) is 0.703. The number of pyridine rings is 1. The number of halogens is 2. The average Bonchev–Trinajstić information content (AvgIpc) is 2.61. The second-order valence-corrected chi connectivity index (χ2v) is 7.93. The Labute approximate surface area is 163 Å². The van der Waals surface area contributed by atoms with Crippen LogP contribution in [0, 0.1) is 5.41 Å². The van der Waals surface area contributed by atoms with Gasteiger partial charge in [-0.15, -0.1) is 0 Å². The van der Waals surface area contributed by atoms with E-state index >= 15 is 0 Å². The van der Waals surface area contributed by atoms with E-state index in [2.05, 4.69) is 18.8 Å². The summed E-state index contributed by atoms with van der Waals surface area (Å²) in [6.07, 6.45) is 2.30. The van der Waals surface area contributed by atoms with Crippen LogP contribution in [0.1, 0.15) is 30.6 Å². The van der Waals surface area contributed by atoms with Gasteiger partial charge in [0.1, 0.15) is 10.8 Å². The summed E-state index contributed by atoms with van der Waals surface area (Å²) >= 11 is 12.1. The van der Waals surface area contributed by atoms with Gasteiger partial charge in [-0.25, -0.2) is 4.98 Å². The fraction of sp³-hybridized carbons (Fsp3) is 0.368. The van der Waals surface area contributed by atoms with E-state index in [4.69, 9.17) is 33.7 Å². The minimum Gasteiger partial charge on any atom is -0.437 e. The maximum absolute atomic E-state index is 12.7. The maximum atomic E-state index is 12.7. The smallest absolute Gasteiger partial charge is 0.255 e. The lowest BCUT2D eigenvalue weighted by molar-refractivity contribution is 0.0532. The van der Waals surface area contributed by atoms with Crippen LogP contribution < -0.4 is 10.5 Å². The number of nitrogens with two attached hydrogens (primary N) is 1. The Morgan fingerprint density at radius 1 is 1.31 bits per heavy atom. The normalized spacial score (nSPS) is 19.3. The first kappa shape index (κ1) is 19.0. The summed E-state index contributed by atoms with van der Waals surface area (Å²) in [5.41, 5.74) is 6.55. The van der Waals surface area contributed by atoms with Crippen LogP contribution in [0.2, 0.25) is 10.0 Å². The fourth-order valence-corrected chi connectivity index (χ4v) is 3.30. The Bertz CT molecular complexity index is 809. The number of hydrogen-bond donors (Lipinski definition) is 1. The summed E-state index contributed by atoms with van der Waals surface area (Å²) in [5, 5.41) is 0.727. The van der Waals surface area contributed by atoms with Crippen molar-refractivity contribution in [1.29, 1.82) is 0 Å². The predicted molar refractivity (Wildman–Crippen MR) is 103 cm³/mol. The Balaban J connectivity index is 1.71. The van der Waals surface area contributed by atoms with Gasteiger partial charge in [-0.05, 0) is 30.0 Å². The van der Waals surface area contributed by atoms with Crippen molar-refractivity contribution in [3.8, 4) is 11.6 Å². The first-order valence-corrected chi connectivity index (χ1v) is 9.16. The van der Waals surface area contributed by atoms with Crippen molar-refractivity contribution >= 4 is 29.1 Å². The molecule has 0 radical (unpaired) electrons. The monoisotopic (exact) mass is 393 g/mol. The number of likely N-dealkylation sites (tertiary alicyclic amines) is 1. The van der Waals surface area contributed by atoms with Crippen molar-refractivity contribution in [3.05, 3.63) is 52.1 Å². The van der Waals surface area contributed by atoms with Crippen LogP contribution in [0.15, 0.2) is 36.5 Å². The molecule has 138 valence electrons. The van der Waals surface area contributed by atoms with Crippen LogP contribution in [-0.4, -0.2) is 34.9 Å². The third kappa shape index (κ3) is 3.95. The van der Waals surface area contributed by atoms with Gasteiger partial charge < -0.3 is 15.4 Å². The van der Waals surface area contributed by atoms with Crippen molar-refractivity contribution < 1.29 is 9.53 Å². The molecule has 2 heterocycles. The molecule has 1 fully saturated rings. The van der Waals surface area contributed by atoms with Gasteiger partial charge in [0.25, 0.3) is 5.91 Å². The molecule has 1 aliphatic heterocycles. The van der Waals surface area contributed by atoms with E-state index in [1.54, 1.807) is 30.3 Å². The van der Waals surface area contributed by atoms with Crippen molar-refractivity contribution in [2.24, 2.45) is 11.1 Å². The number of aromatic nitrogens is 1. The van der Waals surface area contributed by atoms with Gasteiger partial charge >= 0.3 is 0 Å². The molecule has 1 saturated heterocycles. The zero-order valence-electron chi connectivity index (χ0n) is 14.7. The van der Waals surface area contributed by atoms with Gasteiger partial charge in [-0.1, -0.05) is 43.1 Å². The van der Waals surface area contributed by atoms with E-state index in [1.165, 1.54) is 6.20 Å². The van der Waals surface area contributed by atoms with Crippen LogP contribution in [-0.2, 0) is 0 Å². The molecule has 26 heavy (non-hydrogen) atoms. The van der Waals surface area contributed by atoms with Gasteiger partial charge in [0.05, 0.1) is 10.6 Å². The van der Waals surface area contributed by atoms with Gasteiger partial charge in [0, 0.05) is 31.4 Å². The molecule has 2 aromatic rings. The van der Waals surface area contributed by atoms with Crippen molar-refractivity contribution in [1.82, 2.24) is 9.88 Å². The SMILES string of the molecule is CC1(C)CN(C(=O)c2ccc(Oc3cccc(Cl)c3Cl)nc2)CCC1N. The van der Waals surface area contributed by atoms with Crippen LogP contribution in [0.25, 0.3) is 0 Å². The molecule has 5 nitrogen and oxygen atoms in total. The lowest BCUT2D eigenvalue weighted by Crippen LogP contribution is -2.54. The Morgan fingerprint density at radius 3 is 2.73 bits per heavy atom. The molecule has 2 N–H and O–H groups in total. The minimum atomic E-state index is -0.103. The van der Waals surface area contributed by atoms with Crippen LogP contribution in [0.3, 0.4) is 0 Å². The van der Waals surface area contributed by atoms with E-state index in [0.29, 0.717) is 40.3 Å². The van der Waals surface area contributed by atoms with Gasteiger partial charge in [0.15, 0.2) is 0 Å². The Morgan fingerprint density at radius 2 is 2.08 bits per heavy atom. The Hall–Kier alpha value is -1.82. The third-order valence-electron chi connectivity index (χ3n) is 4.71. The zero-order chi connectivity index (χ0) is 18.9. The average molecular weight is 394 g/mol. The summed E-state index contributed by atoms with van der Waals surface area (Å²) < 4.78 is 5.65. The number of rotatable bonds is 3. The highest BCUT2D eigenvalue weighted by atomic mass is 35.5. The standard InChI is InChI=1S/C19H21Cl2N3O2/c1-19(2)11-24(9-8-15(19)22)18(25)12-6-7-16(23-10-12)26-14-5-3-4-13(20)17(14)21/h3-7,10,15H,8-9,11,22H2,1-2H3. The van der Waals surface area contributed by atoms with Crippen molar-refractivity contribution in [3.63, 3.8) is 0 Å². The van der Waals surface area contributed by atoms with Gasteiger partial charge in [-0.3, -0.25) is 4.79 Å². The molecular weight excluding hydrogens is 373 g/mol. The number of nitrogens with zero attached hydrogens (tertiary/aromatic N) is 2.